The number of anilines is 1. The molecule has 0 bridgehead atoms. The number of methoxy groups -OCH3 is 3. The van der Waals surface area contributed by atoms with Crippen molar-refractivity contribution in [3.05, 3.63) is 82.3 Å². The zero-order chi connectivity index (χ0) is 24.8. The molecule has 0 spiro atoms. The van der Waals surface area contributed by atoms with Crippen LogP contribution in [-0.4, -0.2) is 32.7 Å². The molecule has 0 aliphatic carbocycles. The summed E-state index contributed by atoms with van der Waals surface area (Å²) in [6, 6.07) is 19.1. The van der Waals surface area contributed by atoms with Crippen LogP contribution in [0.1, 0.15) is 16.7 Å². The summed E-state index contributed by atoms with van der Waals surface area (Å²) in [7, 11) is 4.88. The molecule has 4 rings (SSSR count). The molecule has 1 heterocycles. The average Bonchev–Trinajstić information content (AvgIpc) is 3.21. The van der Waals surface area contributed by atoms with Crippen molar-refractivity contribution in [1.29, 1.82) is 0 Å². The van der Waals surface area contributed by atoms with E-state index >= 15 is 0 Å². The summed E-state index contributed by atoms with van der Waals surface area (Å²) in [5, 5.41) is 6.29. The molecule has 35 heavy (non-hydrogen) atoms. The van der Waals surface area contributed by atoms with Crippen molar-refractivity contribution in [3.63, 3.8) is 0 Å². The van der Waals surface area contributed by atoms with Crippen LogP contribution in [0.15, 0.2) is 65.6 Å². The Morgan fingerprint density at radius 3 is 2.34 bits per heavy atom. The molecular formula is C27H28N2O5S. The lowest BCUT2D eigenvalue weighted by Crippen LogP contribution is -2.31. The zero-order valence-corrected chi connectivity index (χ0v) is 20.9. The third kappa shape index (κ3) is 6.02. The van der Waals surface area contributed by atoms with Gasteiger partial charge in [0.15, 0.2) is 5.50 Å². The monoisotopic (exact) mass is 492 g/mol. The van der Waals surface area contributed by atoms with E-state index in [4.69, 9.17) is 18.9 Å². The maximum atomic E-state index is 12.5. The highest BCUT2D eigenvalue weighted by atomic mass is 32.2. The Balaban J connectivity index is 1.39. The van der Waals surface area contributed by atoms with Crippen LogP contribution in [0.25, 0.3) is 6.08 Å². The van der Waals surface area contributed by atoms with Gasteiger partial charge in [0.05, 0.1) is 31.9 Å². The number of thioether (sulfide) groups is 1. The first-order valence-corrected chi connectivity index (χ1v) is 11.9. The Morgan fingerprint density at radius 2 is 1.63 bits per heavy atom. The zero-order valence-electron chi connectivity index (χ0n) is 20.1. The van der Waals surface area contributed by atoms with Gasteiger partial charge in [-0.3, -0.25) is 4.79 Å². The van der Waals surface area contributed by atoms with E-state index in [0.717, 1.165) is 39.6 Å². The fourth-order valence-corrected chi connectivity index (χ4v) is 4.58. The molecule has 1 aliphatic heterocycles. The van der Waals surface area contributed by atoms with Crippen LogP contribution in [0.4, 0.5) is 5.69 Å². The molecular weight excluding hydrogens is 464 g/mol. The lowest BCUT2D eigenvalue weighted by molar-refractivity contribution is -0.116. The standard InChI is InChI=1S/C27H28N2O5S/c1-17-5-11-24(33-4)22(13-17)28-27-29-26(30)25(35-27)14-18-6-8-20(9-7-18)34-16-19-15-21(31-2)10-12-23(19)32-3/h5-15,27-28H,16H2,1-4H3,(H,29,30)/b25-14-. The number of hydrogen-bond acceptors (Lipinski definition) is 7. The van der Waals surface area contributed by atoms with Gasteiger partial charge in [0, 0.05) is 5.56 Å². The van der Waals surface area contributed by atoms with Crippen molar-refractivity contribution in [2.75, 3.05) is 26.6 Å². The molecule has 1 amide bonds. The summed E-state index contributed by atoms with van der Waals surface area (Å²) < 4.78 is 22.0. The summed E-state index contributed by atoms with van der Waals surface area (Å²) >= 11 is 1.43. The van der Waals surface area contributed by atoms with Gasteiger partial charge in [-0.1, -0.05) is 30.0 Å². The number of amides is 1. The van der Waals surface area contributed by atoms with Crippen molar-refractivity contribution in [3.8, 4) is 23.0 Å². The van der Waals surface area contributed by atoms with Crippen molar-refractivity contribution in [2.24, 2.45) is 0 Å². The van der Waals surface area contributed by atoms with Gasteiger partial charge in [-0.05, 0) is 66.6 Å². The van der Waals surface area contributed by atoms with E-state index in [-0.39, 0.29) is 11.4 Å². The van der Waals surface area contributed by atoms with Crippen LogP contribution in [-0.2, 0) is 11.4 Å². The van der Waals surface area contributed by atoms with Crippen molar-refractivity contribution in [1.82, 2.24) is 5.32 Å². The van der Waals surface area contributed by atoms with Crippen LogP contribution in [0.3, 0.4) is 0 Å². The molecule has 182 valence electrons. The molecule has 7 nitrogen and oxygen atoms in total. The minimum Gasteiger partial charge on any atom is -0.497 e. The molecule has 0 saturated carbocycles. The van der Waals surface area contributed by atoms with Crippen LogP contribution >= 0.6 is 11.8 Å². The maximum absolute atomic E-state index is 12.5. The maximum Gasteiger partial charge on any atom is 0.260 e. The summed E-state index contributed by atoms with van der Waals surface area (Å²) in [5.74, 6) is 2.80. The van der Waals surface area contributed by atoms with Gasteiger partial charge in [0.25, 0.3) is 5.91 Å². The van der Waals surface area contributed by atoms with Crippen LogP contribution < -0.4 is 29.6 Å². The normalized spacial score (nSPS) is 16.1. The number of nitrogens with one attached hydrogen (secondary N) is 2. The van der Waals surface area contributed by atoms with E-state index in [1.807, 2.05) is 73.7 Å². The van der Waals surface area contributed by atoms with E-state index in [0.29, 0.717) is 17.3 Å². The molecule has 1 atom stereocenters. The quantitative estimate of drug-likeness (QED) is 0.398. The molecule has 8 heteroatoms. The summed E-state index contributed by atoms with van der Waals surface area (Å²) in [6.45, 7) is 2.35. The molecule has 0 aromatic heterocycles. The van der Waals surface area contributed by atoms with Gasteiger partial charge in [0.2, 0.25) is 0 Å². The van der Waals surface area contributed by atoms with Crippen molar-refractivity contribution < 1.29 is 23.7 Å². The Kier molecular flexibility index (Phi) is 7.72. The lowest BCUT2D eigenvalue weighted by Gasteiger charge is -2.16. The number of carbonyl (C=O) groups excluding carboxylic acids is 1. The van der Waals surface area contributed by atoms with E-state index in [1.54, 1.807) is 21.3 Å². The third-order valence-corrected chi connectivity index (χ3v) is 6.46. The number of carbonyl (C=O) groups is 1. The minimum absolute atomic E-state index is 0.121. The molecule has 1 unspecified atom stereocenters. The van der Waals surface area contributed by atoms with E-state index in [9.17, 15) is 4.79 Å². The van der Waals surface area contributed by atoms with Crippen molar-refractivity contribution in [2.45, 2.75) is 19.0 Å². The van der Waals surface area contributed by atoms with E-state index in [1.165, 1.54) is 11.8 Å². The van der Waals surface area contributed by atoms with E-state index in [2.05, 4.69) is 10.6 Å². The van der Waals surface area contributed by atoms with Crippen LogP contribution in [0, 0.1) is 6.92 Å². The number of hydrogen-bond donors (Lipinski definition) is 2. The molecule has 0 radical (unpaired) electrons. The Hall–Kier alpha value is -3.78. The second-order valence-electron chi connectivity index (χ2n) is 7.86. The van der Waals surface area contributed by atoms with E-state index < -0.39 is 0 Å². The lowest BCUT2D eigenvalue weighted by atomic mass is 10.2. The number of benzene rings is 3. The first-order valence-electron chi connectivity index (χ1n) is 11.0. The fourth-order valence-electron chi connectivity index (χ4n) is 3.61. The average molecular weight is 493 g/mol. The topological polar surface area (TPSA) is 78.1 Å². The van der Waals surface area contributed by atoms with Gasteiger partial charge in [0.1, 0.15) is 29.6 Å². The summed E-state index contributed by atoms with van der Waals surface area (Å²) in [5.41, 5.74) is 3.44. The van der Waals surface area contributed by atoms with Crippen LogP contribution in [0.5, 0.6) is 23.0 Å². The van der Waals surface area contributed by atoms with Crippen molar-refractivity contribution >= 4 is 29.4 Å². The molecule has 3 aromatic rings. The van der Waals surface area contributed by atoms with Gasteiger partial charge in [-0.25, -0.2) is 0 Å². The van der Waals surface area contributed by atoms with Gasteiger partial charge < -0.3 is 29.6 Å². The van der Waals surface area contributed by atoms with Crippen LogP contribution in [0.2, 0.25) is 0 Å². The Bertz CT molecular complexity index is 1230. The number of rotatable bonds is 9. The fraction of sp³-hybridized carbons (Fsp3) is 0.222. The molecule has 3 aromatic carbocycles. The summed E-state index contributed by atoms with van der Waals surface area (Å²) in [6.07, 6.45) is 1.87. The third-order valence-electron chi connectivity index (χ3n) is 5.43. The Labute approximate surface area is 209 Å². The Morgan fingerprint density at radius 1 is 0.914 bits per heavy atom. The number of aryl methyl sites for hydroxylation is 1. The summed E-state index contributed by atoms with van der Waals surface area (Å²) in [4.78, 5) is 13.2. The van der Waals surface area contributed by atoms with Gasteiger partial charge in [-0.15, -0.1) is 0 Å². The molecule has 1 fully saturated rings. The SMILES string of the molecule is COc1ccc(OC)c(COc2ccc(/C=C3\SC(Nc4cc(C)ccc4OC)NC3=O)cc2)c1. The largest absolute Gasteiger partial charge is 0.497 e. The number of ether oxygens (including phenoxy) is 4. The smallest absolute Gasteiger partial charge is 0.260 e. The molecule has 1 aliphatic rings. The first-order chi connectivity index (χ1) is 17.0. The second-order valence-corrected chi connectivity index (χ2v) is 9.01. The predicted molar refractivity (Wildman–Crippen MR) is 139 cm³/mol. The highest BCUT2D eigenvalue weighted by Crippen LogP contribution is 2.33. The molecule has 1 saturated heterocycles. The minimum atomic E-state index is -0.287. The van der Waals surface area contributed by atoms with Gasteiger partial charge in [-0.2, -0.15) is 0 Å². The second kappa shape index (κ2) is 11.1. The predicted octanol–water partition coefficient (Wildman–Crippen LogP) is 5.20. The molecule has 2 N–H and O–H groups in total. The highest BCUT2D eigenvalue weighted by Gasteiger charge is 2.27. The first kappa shape index (κ1) is 24.3. The highest BCUT2D eigenvalue weighted by molar-refractivity contribution is 8.05. The van der Waals surface area contributed by atoms with Gasteiger partial charge >= 0.3 is 0 Å².